The van der Waals surface area contributed by atoms with Crippen molar-refractivity contribution in [2.45, 2.75) is 43.6 Å². The minimum atomic E-state index is -2.86. The SMILES string of the molecule is CC[C@H](C)[C@](C(=O)O)(C(=O)OCC1c2ccccc2-c2ccccc21)N(C(=O)OCC1c2ccccc2-c2ccccc21)C(=O)OCC1c2ccccc2-c2ccccc21. The van der Waals surface area contributed by atoms with Gasteiger partial charge < -0.3 is 19.3 Å². The zero-order valence-corrected chi connectivity index (χ0v) is 33.2. The van der Waals surface area contributed by atoms with Gasteiger partial charge in [-0.05, 0) is 66.8 Å². The molecule has 0 heterocycles. The van der Waals surface area contributed by atoms with Crippen LogP contribution in [0.15, 0.2) is 146 Å². The molecular weight excluding hydrogens is 755 g/mol. The van der Waals surface area contributed by atoms with Crippen molar-refractivity contribution in [3.05, 3.63) is 179 Å². The molecule has 9 nitrogen and oxygen atoms in total. The largest absolute Gasteiger partial charge is 0.479 e. The van der Waals surface area contributed by atoms with Crippen molar-refractivity contribution in [3.8, 4) is 33.4 Å². The molecule has 0 saturated carbocycles. The Balaban J connectivity index is 1.07. The summed E-state index contributed by atoms with van der Waals surface area (Å²) in [6.07, 6.45) is -2.57. The van der Waals surface area contributed by atoms with Crippen molar-refractivity contribution in [2.24, 2.45) is 5.92 Å². The van der Waals surface area contributed by atoms with Gasteiger partial charge in [0.1, 0.15) is 19.8 Å². The van der Waals surface area contributed by atoms with Crippen LogP contribution in [0.5, 0.6) is 0 Å². The van der Waals surface area contributed by atoms with Gasteiger partial charge in [-0.25, -0.2) is 19.2 Å². The number of nitrogens with zero attached hydrogens (tertiary/aromatic N) is 1. The number of hydrogen-bond donors (Lipinski definition) is 1. The molecule has 9 heteroatoms. The number of fused-ring (bicyclic) bond motifs is 9. The van der Waals surface area contributed by atoms with E-state index in [0.717, 1.165) is 66.8 Å². The van der Waals surface area contributed by atoms with Crippen LogP contribution in [-0.2, 0) is 23.8 Å². The summed E-state index contributed by atoms with van der Waals surface area (Å²) in [4.78, 5) is 58.6. The Bertz CT molecular complexity index is 2420. The highest BCUT2D eigenvalue weighted by molar-refractivity contribution is 6.11. The lowest BCUT2D eigenvalue weighted by molar-refractivity contribution is -0.174. The fourth-order valence-electron chi connectivity index (χ4n) is 9.59. The van der Waals surface area contributed by atoms with E-state index in [0.29, 0.717) is 4.90 Å². The first-order valence-electron chi connectivity index (χ1n) is 20.3. The second-order valence-electron chi connectivity index (χ2n) is 15.6. The minimum Gasteiger partial charge on any atom is -0.479 e. The Morgan fingerprint density at radius 1 is 0.500 bits per heavy atom. The molecule has 0 radical (unpaired) electrons. The van der Waals surface area contributed by atoms with E-state index in [1.54, 1.807) is 6.92 Å². The van der Waals surface area contributed by atoms with Gasteiger partial charge in [-0.1, -0.05) is 166 Å². The first-order chi connectivity index (χ1) is 29.2. The number of carbonyl (C=O) groups excluding carboxylic acids is 3. The van der Waals surface area contributed by atoms with Crippen LogP contribution < -0.4 is 0 Å². The lowest BCUT2D eigenvalue weighted by Gasteiger charge is -2.39. The molecule has 2 amide bonds. The molecule has 6 aromatic carbocycles. The number of hydrogen-bond acceptors (Lipinski definition) is 7. The van der Waals surface area contributed by atoms with Crippen molar-refractivity contribution in [3.63, 3.8) is 0 Å². The van der Waals surface area contributed by atoms with Crippen LogP contribution >= 0.6 is 0 Å². The summed E-state index contributed by atoms with van der Waals surface area (Å²) in [7, 11) is 0. The molecule has 0 fully saturated rings. The molecule has 0 unspecified atom stereocenters. The molecule has 3 aliphatic carbocycles. The number of benzene rings is 6. The molecule has 6 aromatic rings. The highest BCUT2D eigenvalue weighted by Gasteiger charge is 2.62. The number of imide groups is 1. The molecule has 0 bridgehead atoms. The second kappa shape index (κ2) is 15.6. The third-order valence-electron chi connectivity index (χ3n) is 12.7. The first-order valence-corrected chi connectivity index (χ1v) is 20.3. The van der Waals surface area contributed by atoms with E-state index in [-0.39, 0.29) is 26.2 Å². The van der Waals surface area contributed by atoms with Crippen LogP contribution in [0.2, 0.25) is 0 Å². The number of aliphatic carboxylic acids is 1. The van der Waals surface area contributed by atoms with Crippen molar-refractivity contribution >= 4 is 24.1 Å². The zero-order valence-electron chi connectivity index (χ0n) is 33.2. The predicted octanol–water partition coefficient (Wildman–Crippen LogP) is 10.4. The first kappa shape index (κ1) is 38.5. The number of carbonyl (C=O) groups is 4. The smallest absolute Gasteiger partial charge is 0.420 e. The van der Waals surface area contributed by atoms with Crippen LogP contribution in [0.3, 0.4) is 0 Å². The summed E-state index contributed by atoms with van der Waals surface area (Å²) in [6, 6.07) is 46.7. The summed E-state index contributed by atoms with van der Waals surface area (Å²) >= 11 is 0. The quantitative estimate of drug-likeness (QED) is 0.0782. The maximum Gasteiger partial charge on any atom is 0.420 e. The van der Waals surface area contributed by atoms with E-state index in [2.05, 4.69) is 0 Å². The topological polar surface area (TPSA) is 119 Å². The molecule has 3 aliphatic rings. The Labute approximate surface area is 348 Å². The molecule has 1 N–H and O–H groups in total. The van der Waals surface area contributed by atoms with Crippen LogP contribution in [0.4, 0.5) is 9.59 Å². The Morgan fingerprint density at radius 2 is 0.767 bits per heavy atom. The number of esters is 1. The lowest BCUT2D eigenvalue weighted by Crippen LogP contribution is -2.68. The van der Waals surface area contributed by atoms with E-state index in [1.165, 1.54) is 6.92 Å². The average molecular weight is 798 g/mol. The van der Waals surface area contributed by atoms with Crippen molar-refractivity contribution in [2.75, 3.05) is 19.8 Å². The van der Waals surface area contributed by atoms with Gasteiger partial charge in [-0.2, -0.15) is 4.90 Å². The normalized spacial score (nSPS) is 15.0. The number of rotatable bonds is 11. The average Bonchev–Trinajstić information content (AvgIpc) is 3.90. The Hall–Kier alpha value is -7.00. The van der Waals surface area contributed by atoms with E-state index in [1.807, 2.05) is 146 Å². The maximum absolute atomic E-state index is 14.9. The standard InChI is InChI=1S/C51H43NO8/c1-3-31(2)51(47(53)54,48(55)58-28-44-38-22-10-4-16-32(38)33-17-5-11-23-39(33)44)52(49(56)59-29-45-40-24-12-6-18-34(40)35-19-7-13-25-41(35)45)50(57)60-30-46-42-26-14-8-20-36(42)37-21-9-15-27-43(37)46/h4-27,31,44-46H,3,28-30H2,1-2H3,(H,53,54)/t31-,51-/m0/s1. The maximum atomic E-state index is 14.9. The minimum absolute atomic E-state index is 0.0836. The molecular formula is C51H43NO8. The fourth-order valence-corrected chi connectivity index (χ4v) is 9.59. The van der Waals surface area contributed by atoms with Gasteiger partial charge in [0.25, 0.3) is 5.54 Å². The summed E-state index contributed by atoms with van der Waals surface area (Å²) in [5.41, 5.74) is 8.56. The van der Waals surface area contributed by atoms with Crippen LogP contribution in [0.25, 0.3) is 33.4 Å². The Kier molecular flexibility index (Phi) is 10.0. The summed E-state index contributed by atoms with van der Waals surface area (Å²) < 4.78 is 18.0. The molecule has 0 spiro atoms. The van der Waals surface area contributed by atoms with Gasteiger partial charge in [0, 0.05) is 23.7 Å². The van der Waals surface area contributed by atoms with Gasteiger partial charge in [-0.15, -0.1) is 0 Å². The van der Waals surface area contributed by atoms with E-state index in [4.69, 9.17) is 14.2 Å². The van der Waals surface area contributed by atoms with Crippen LogP contribution in [0.1, 0.15) is 71.4 Å². The number of carboxylic acid groups (broad SMARTS) is 1. The number of carboxylic acids is 1. The third-order valence-corrected chi connectivity index (χ3v) is 12.7. The van der Waals surface area contributed by atoms with Gasteiger partial charge in [0.05, 0.1) is 0 Å². The number of amides is 2. The van der Waals surface area contributed by atoms with Crippen molar-refractivity contribution in [1.29, 1.82) is 0 Å². The molecule has 0 aliphatic heterocycles. The van der Waals surface area contributed by atoms with E-state index in [9.17, 15) is 24.3 Å². The van der Waals surface area contributed by atoms with E-state index < -0.39 is 53.3 Å². The highest BCUT2D eigenvalue weighted by Crippen LogP contribution is 2.48. The van der Waals surface area contributed by atoms with E-state index >= 15 is 0 Å². The monoisotopic (exact) mass is 797 g/mol. The van der Waals surface area contributed by atoms with Crippen LogP contribution in [0, 0.1) is 5.92 Å². The zero-order chi connectivity index (χ0) is 41.5. The lowest BCUT2D eigenvalue weighted by atomic mass is 9.81. The molecule has 9 rings (SSSR count). The van der Waals surface area contributed by atoms with Gasteiger partial charge in [-0.3, -0.25) is 0 Å². The second-order valence-corrected chi connectivity index (χ2v) is 15.6. The fraction of sp³-hybridized carbons (Fsp3) is 0.216. The van der Waals surface area contributed by atoms with Crippen molar-refractivity contribution < 1.29 is 38.5 Å². The predicted molar refractivity (Wildman–Crippen MR) is 226 cm³/mol. The Morgan fingerprint density at radius 3 is 1.03 bits per heavy atom. The highest BCUT2D eigenvalue weighted by atomic mass is 16.6. The molecule has 300 valence electrons. The molecule has 60 heavy (non-hydrogen) atoms. The molecule has 0 saturated heterocycles. The summed E-state index contributed by atoms with van der Waals surface area (Å²) in [5, 5.41) is 11.3. The molecule has 2 atom stereocenters. The molecule has 0 aromatic heterocycles. The number of ether oxygens (including phenoxy) is 3. The van der Waals surface area contributed by atoms with Gasteiger partial charge in [0.15, 0.2) is 0 Å². The van der Waals surface area contributed by atoms with Crippen LogP contribution in [-0.4, -0.2) is 59.5 Å². The summed E-state index contributed by atoms with van der Waals surface area (Å²) in [5.74, 6) is -5.39. The van der Waals surface area contributed by atoms with Crippen molar-refractivity contribution in [1.82, 2.24) is 4.90 Å². The van der Waals surface area contributed by atoms with Gasteiger partial charge in [0.2, 0.25) is 0 Å². The van der Waals surface area contributed by atoms with Gasteiger partial charge >= 0.3 is 24.1 Å². The third kappa shape index (κ3) is 6.15. The summed E-state index contributed by atoms with van der Waals surface area (Å²) in [6.45, 7) is 2.49.